The van der Waals surface area contributed by atoms with Gasteiger partial charge in [-0.1, -0.05) is 72.8 Å². The molecular weight excluding hydrogens is 794 g/mol. The molecule has 0 aliphatic rings. The summed E-state index contributed by atoms with van der Waals surface area (Å²) in [7, 11) is -1.45. The molecule has 0 bridgehead atoms. The summed E-state index contributed by atoms with van der Waals surface area (Å²) in [5, 5.41) is 6.01. The van der Waals surface area contributed by atoms with Gasteiger partial charge in [0, 0.05) is 40.0 Å². The van der Waals surface area contributed by atoms with E-state index >= 15 is 0 Å². The van der Waals surface area contributed by atoms with Gasteiger partial charge in [0.05, 0.1) is 0 Å². The van der Waals surface area contributed by atoms with E-state index in [4.69, 9.17) is 0 Å². The van der Waals surface area contributed by atoms with Crippen molar-refractivity contribution >= 4 is 52.9 Å². The largest absolute Gasteiger partial charge is 2.00 e. The van der Waals surface area contributed by atoms with Crippen LogP contribution in [0, 0.1) is 0 Å². The molecule has 0 aliphatic carbocycles. The van der Waals surface area contributed by atoms with Gasteiger partial charge in [0.2, 0.25) is 0 Å². The summed E-state index contributed by atoms with van der Waals surface area (Å²) in [6.45, 7) is 13.6. The van der Waals surface area contributed by atoms with Crippen LogP contribution in [0.5, 0.6) is 0 Å². The fourth-order valence-corrected chi connectivity index (χ4v) is 11.2. The molecule has 0 aliphatic heterocycles. The van der Waals surface area contributed by atoms with Crippen LogP contribution in [-0.2, 0) is 21.1 Å². The minimum atomic E-state index is -0.847. The first-order valence-electron chi connectivity index (χ1n) is 12.3. The number of hydrogen-bond donors (Lipinski definition) is 0. The Morgan fingerprint density at radius 2 is 0.525 bits per heavy atom. The van der Waals surface area contributed by atoms with Crippen LogP contribution in [0.4, 0.5) is 0 Å². The molecule has 0 amide bonds. The second kappa shape index (κ2) is 27.6. The van der Waals surface area contributed by atoms with Crippen LogP contribution >= 0.6 is 31.7 Å². The Balaban J connectivity index is -0.000000445. The number of rotatable bonds is 6. The van der Waals surface area contributed by atoms with Gasteiger partial charge in [0.25, 0.3) is 0 Å². The first-order chi connectivity index (χ1) is 16.9. The topological polar surface area (TPSA) is 63.0 Å². The molecule has 0 aromatic heterocycles. The molecule has 0 unspecified atom stereocenters. The maximum Gasteiger partial charge on any atom is 2.00 e. The van der Waals surface area contributed by atoms with Crippen molar-refractivity contribution in [2.45, 2.75) is 0 Å². The van der Waals surface area contributed by atoms with E-state index in [0.717, 1.165) is 0 Å². The fourth-order valence-electron chi connectivity index (χ4n) is 3.48. The molecule has 0 heterocycles. The summed E-state index contributed by atoms with van der Waals surface area (Å²) >= 11 is 0. The van der Waals surface area contributed by atoms with Gasteiger partial charge in [-0.15, -0.1) is 0 Å². The standard InChI is InChI=1S/C25H22P2.2C3H9P.2ClH.2H2O.Pt/c1-5-13-22(14-6-1)26(23-15-7-2-8-16-23)21-27(24-17-9-3-10-18-24)25-19-11-4-12-20-25;2*1-4(2)3;;;;;/h1-20H,21H2;2*1-3H3;2*1H;2*1H2;/q;;;;;;;+2/p+2. The zero-order valence-corrected chi connectivity index (χ0v) is 32.1. The first-order valence-corrected chi connectivity index (χ1v) is 21.8. The molecule has 224 valence electrons. The summed E-state index contributed by atoms with van der Waals surface area (Å²) < 4.78 is 0. The predicted molar refractivity (Wildman–Crippen MR) is 185 cm³/mol. The van der Waals surface area contributed by atoms with Crippen LogP contribution in [0.15, 0.2) is 121 Å². The number of hydrogen-bond acceptors (Lipinski definition) is 0. The van der Waals surface area contributed by atoms with Gasteiger partial charge in [-0.25, -0.2) is 0 Å². The molecule has 4 N–H and O–H groups in total. The van der Waals surface area contributed by atoms with Crippen LogP contribution in [0.3, 0.4) is 0 Å². The van der Waals surface area contributed by atoms with E-state index < -0.39 is 15.8 Å². The number of halogens is 2. The van der Waals surface area contributed by atoms with Gasteiger partial charge >= 0.3 is 21.1 Å². The van der Waals surface area contributed by atoms with Crippen molar-refractivity contribution in [2.24, 2.45) is 0 Å². The maximum absolute atomic E-state index is 2.32. The molecule has 0 fully saturated rings. The van der Waals surface area contributed by atoms with Gasteiger partial charge in [0.1, 0.15) is 37.1 Å². The van der Waals surface area contributed by atoms with E-state index in [2.05, 4.69) is 161 Å². The van der Waals surface area contributed by atoms with Crippen LogP contribution in [0.1, 0.15) is 0 Å². The predicted octanol–water partition coefficient (Wildman–Crippen LogP) is -0.790. The summed E-state index contributed by atoms with van der Waals surface area (Å²) in [6.07, 6.45) is 0. The molecule has 0 saturated carbocycles. The summed E-state index contributed by atoms with van der Waals surface area (Å²) in [4.78, 5) is 0. The summed E-state index contributed by atoms with van der Waals surface area (Å²) in [5.74, 6) is 1.25. The van der Waals surface area contributed by atoms with Crippen LogP contribution in [-0.4, -0.2) is 56.8 Å². The molecule has 4 aromatic carbocycles. The molecular formula is C31H48Cl2O2P4Pt+4. The Bertz CT molecular complexity index is 894. The molecule has 40 heavy (non-hydrogen) atoms. The first kappa shape index (κ1) is 46.7. The van der Waals surface area contributed by atoms with Crippen molar-refractivity contribution in [3.63, 3.8) is 0 Å². The number of benzene rings is 4. The van der Waals surface area contributed by atoms with Gasteiger partial charge in [-0.05, 0) is 64.4 Å². The molecule has 0 atom stereocenters. The second-order valence-electron chi connectivity index (χ2n) is 9.60. The fraction of sp³-hybridized carbons (Fsp3) is 0.226. The van der Waals surface area contributed by atoms with Crippen molar-refractivity contribution in [1.29, 1.82) is 0 Å². The smallest absolute Gasteiger partial charge is 1.00 e. The molecule has 0 spiro atoms. The average molecular weight is 843 g/mol. The van der Waals surface area contributed by atoms with E-state index in [0.29, 0.717) is 0 Å². The maximum atomic E-state index is 2.32. The SMILES string of the molecule is C[PH+](C)C.C[PH+](C)C.O.O.[Cl-].[Cl-].[Pt+2].c1ccc([PH+](C[PH+](c2ccccc2)c2ccccc2)c2ccccc2)cc1. The van der Waals surface area contributed by atoms with Crippen LogP contribution in [0.25, 0.3) is 0 Å². The van der Waals surface area contributed by atoms with Gasteiger partial charge < -0.3 is 35.8 Å². The zero-order chi connectivity index (χ0) is 25.5. The molecule has 0 saturated heterocycles. The Morgan fingerprint density at radius 3 is 0.675 bits per heavy atom. The van der Waals surface area contributed by atoms with Crippen molar-refractivity contribution in [1.82, 2.24) is 0 Å². The Morgan fingerprint density at radius 1 is 0.375 bits per heavy atom. The van der Waals surface area contributed by atoms with Gasteiger partial charge in [0.15, 0.2) is 5.90 Å². The second-order valence-corrected chi connectivity index (χ2v) is 21.2. The Labute approximate surface area is 275 Å². The van der Waals surface area contributed by atoms with Gasteiger partial charge in [-0.2, -0.15) is 0 Å². The zero-order valence-electron chi connectivity index (χ0n) is 24.3. The van der Waals surface area contributed by atoms with Crippen LogP contribution < -0.4 is 46.0 Å². The molecule has 9 heteroatoms. The van der Waals surface area contributed by atoms with Crippen molar-refractivity contribution in [2.75, 3.05) is 45.9 Å². The molecule has 4 aromatic rings. The average Bonchev–Trinajstić information content (AvgIpc) is 2.86. The quantitative estimate of drug-likeness (QED) is 0.229. The van der Waals surface area contributed by atoms with E-state index in [1.807, 2.05) is 0 Å². The third-order valence-corrected chi connectivity index (χ3v) is 11.8. The minimum absolute atomic E-state index is 0. The van der Waals surface area contributed by atoms with E-state index in [1.165, 1.54) is 27.1 Å². The van der Waals surface area contributed by atoms with Crippen LogP contribution in [0.2, 0.25) is 0 Å². The third kappa shape index (κ3) is 19.1. The molecule has 4 rings (SSSR count). The van der Waals surface area contributed by atoms with Gasteiger partial charge in [-0.3, -0.25) is 0 Å². The summed E-state index contributed by atoms with van der Waals surface area (Å²) in [5.41, 5.74) is 0. The third-order valence-electron chi connectivity index (χ3n) is 4.84. The Kier molecular flexibility index (Phi) is 32.3. The monoisotopic (exact) mass is 841 g/mol. The normalized spacial score (nSPS) is 9.25. The van der Waals surface area contributed by atoms with Crippen molar-refractivity contribution < 1.29 is 56.8 Å². The van der Waals surface area contributed by atoms with E-state index in [1.54, 1.807) is 0 Å². The van der Waals surface area contributed by atoms with Crippen molar-refractivity contribution in [3.8, 4) is 0 Å². The summed E-state index contributed by atoms with van der Waals surface area (Å²) in [6, 6.07) is 44.5. The minimum Gasteiger partial charge on any atom is -1.00 e. The van der Waals surface area contributed by atoms with E-state index in [9.17, 15) is 0 Å². The van der Waals surface area contributed by atoms with Crippen molar-refractivity contribution in [3.05, 3.63) is 121 Å². The Hall–Kier alpha value is -0.212. The van der Waals surface area contributed by atoms with E-state index in [-0.39, 0.29) is 72.7 Å². The molecule has 2 nitrogen and oxygen atoms in total. The molecule has 0 radical (unpaired) electrons.